The number of benzene rings is 3. The molecule has 3 aromatic rings. The highest BCUT2D eigenvalue weighted by atomic mass is 16.5. The molecule has 0 aromatic heterocycles. The highest BCUT2D eigenvalue weighted by molar-refractivity contribution is 5.92. The molecule has 9 nitrogen and oxygen atoms in total. The van der Waals surface area contributed by atoms with Crippen LogP contribution in [0.15, 0.2) is 54.6 Å². The Morgan fingerprint density at radius 1 is 0.600 bits per heavy atom. The first-order valence-electron chi connectivity index (χ1n) is 15.2. The molecule has 0 atom stereocenters. The first-order chi connectivity index (χ1) is 21.5. The Bertz CT molecular complexity index is 1360. The normalized spacial score (nSPS) is 9.93. The van der Waals surface area contributed by atoms with E-state index in [0.717, 1.165) is 43.4 Å². The summed E-state index contributed by atoms with van der Waals surface area (Å²) in [6.07, 6.45) is 6.67. The van der Waals surface area contributed by atoms with E-state index >= 15 is 0 Å². The lowest BCUT2D eigenvalue weighted by molar-refractivity contribution is 0.0590. The van der Waals surface area contributed by atoms with E-state index in [4.69, 9.17) is 19.3 Å². The van der Waals surface area contributed by atoms with Crippen LogP contribution in [0.2, 0.25) is 0 Å². The number of ether oxygens (including phenoxy) is 4. The first-order valence-corrected chi connectivity index (χ1v) is 15.2. The van der Waals surface area contributed by atoms with Gasteiger partial charge in [-0.3, -0.25) is 0 Å². The van der Waals surface area contributed by atoms with E-state index in [-0.39, 0.29) is 11.7 Å². The van der Waals surface area contributed by atoms with Crippen LogP contribution in [0.4, 0.5) is 0 Å². The van der Waals surface area contributed by atoms with Crippen LogP contribution in [0.3, 0.4) is 0 Å². The third kappa shape index (κ3) is 12.9. The number of hydrogen-bond acceptors (Lipinski definition) is 8. The van der Waals surface area contributed by atoms with Gasteiger partial charge in [0.05, 0.1) is 44.1 Å². The second-order valence-electron chi connectivity index (χ2n) is 10.2. The van der Waals surface area contributed by atoms with Crippen molar-refractivity contribution in [3.05, 3.63) is 88.0 Å². The fraction of sp³-hybridized carbons (Fsp3) is 0.417. The third-order valence-corrected chi connectivity index (χ3v) is 6.93. The molecule has 0 saturated heterocycles. The molecule has 0 unspecified atom stereocenters. The molecule has 246 valence electrons. The second kappa shape index (κ2) is 21.2. The summed E-state index contributed by atoms with van der Waals surface area (Å²) in [4.78, 5) is 33.4. The fourth-order valence-corrected chi connectivity index (χ4v) is 4.13. The molecule has 0 aliphatic heterocycles. The number of aromatic hydroxyl groups is 1. The van der Waals surface area contributed by atoms with Gasteiger partial charge in [0.15, 0.2) is 0 Å². The lowest BCUT2D eigenvalue weighted by atomic mass is 10.1. The van der Waals surface area contributed by atoms with E-state index in [0.29, 0.717) is 46.8 Å². The van der Waals surface area contributed by atoms with Gasteiger partial charge >= 0.3 is 17.9 Å². The summed E-state index contributed by atoms with van der Waals surface area (Å²) in [6, 6.07) is 15.3. The van der Waals surface area contributed by atoms with E-state index in [2.05, 4.69) is 18.6 Å². The number of carbonyl (C=O) groups is 3. The summed E-state index contributed by atoms with van der Waals surface area (Å²) < 4.78 is 20.5. The highest BCUT2D eigenvalue weighted by Gasteiger charge is 2.13. The average molecular weight is 625 g/mol. The van der Waals surface area contributed by atoms with E-state index < -0.39 is 11.9 Å². The van der Waals surface area contributed by atoms with Gasteiger partial charge in [-0.05, 0) is 70.0 Å². The number of carboxylic acid groups (broad SMARTS) is 1. The number of aromatic carboxylic acids is 1. The van der Waals surface area contributed by atoms with Gasteiger partial charge in [-0.25, -0.2) is 14.4 Å². The van der Waals surface area contributed by atoms with Gasteiger partial charge in [-0.2, -0.15) is 0 Å². The van der Waals surface area contributed by atoms with Crippen molar-refractivity contribution in [1.82, 2.24) is 0 Å². The molecule has 0 radical (unpaired) electrons. The number of carboxylic acids is 1. The molecule has 0 heterocycles. The maximum absolute atomic E-state index is 11.5. The highest BCUT2D eigenvalue weighted by Crippen LogP contribution is 2.23. The van der Waals surface area contributed by atoms with E-state index in [1.807, 2.05) is 25.1 Å². The van der Waals surface area contributed by atoms with Crippen molar-refractivity contribution in [3.63, 3.8) is 0 Å². The maximum atomic E-state index is 11.5. The topological polar surface area (TPSA) is 129 Å². The maximum Gasteiger partial charge on any atom is 0.338 e. The number of esters is 2. The van der Waals surface area contributed by atoms with E-state index in [9.17, 15) is 19.5 Å². The van der Waals surface area contributed by atoms with Crippen molar-refractivity contribution >= 4 is 17.9 Å². The van der Waals surface area contributed by atoms with Crippen LogP contribution in [-0.2, 0) is 9.47 Å². The lowest BCUT2D eigenvalue weighted by Gasteiger charge is -2.11. The predicted octanol–water partition coefficient (Wildman–Crippen LogP) is 8.10. The Morgan fingerprint density at radius 2 is 1.00 bits per heavy atom. The molecule has 0 saturated carbocycles. The number of phenols is 1. The minimum absolute atomic E-state index is 0.109. The average Bonchev–Trinajstić information content (AvgIpc) is 3.04. The monoisotopic (exact) mass is 624 g/mol. The fourth-order valence-electron chi connectivity index (χ4n) is 4.13. The predicted molar refractivity (Wildman–Crippen MR) is 175 cm³/mol. The number of phenolic OH excluding ortho intramolecular Hbond substituents is 1. The van der Waals surface area contributed by atoms with Crippen LogP contribution < -0.4 is 9.47 Å². The lowest BCUT2D eigenvalue weighted by Crippen LogP contribution is -2.06. The SMILES string of the molecule is CCCCCOc1cccc(C(=O)O)c1C.CCCCCOc1cccc(C(=O)OC)c1C.COC(=O)c1cccc(O)c1C. The van der Waals surface area contributed by atoms with Crippen molar-refractivity contribution in [1.29, 1.82) is 0 Å². The molecule has 3 rings (SSSR count). The number of methoxy groups -OCH3 is 2. The molecule has 0 spiro atoms. The van der Waals surface area contributed by atoms with Gasteiger partial charge in [0.1, 0.15) is 17.2 Å². The second-order valence-corrected chi connectivity index (χ2v) is 10.2. The van der Waals surface area contributed by atoms with Gasteiger partial charge in [0, 0.05) is 16.7 Å². The number of rotatable bonds is 13. The largest absolute Gasteiger partial charge is 0.508 e. The molecule has 3 aromatic carbocycles. The third-order valence-electron chi connectivity index (χ3n) is 6.93. The summed E-state index contributed by atoms with van der Waals surface area (Å²) in [5, 5.41) is 18.2. The molecule has 0 fully saturated rings. The Labute approximate surface area is 267 Å². The number of hydrogen-bond donors (Lipinski definition) is 2. The number of unbranched alkanes of at least 4 members (excludes halogenated alkanes) is 4. The van der Waals surface area contributed by atoms with Crippen molar-refractivity contribution in [2.45, 2.75) is 73.1 Å². The van der Waals surface area contributed by atoms with Crippen LogP contribution in [0.1, 0.15) is 100 Å². The quantitative estimate of drug-likeness (QED) is 0.143. The van der Waals surface area contributed by atoms with Crippen LogP contribution >= 0.6 is 0 Å². The summed E-state index contributed by atoms with van der Waals surface area (Å²) in [7, 11) is 2.70. The van der Waals surface area contributed by atoms with Gasteiger partial charge in [0.2, 0.25) is 0 Å². The first kappa shape index (κ1) is 38.5. The van der Waals surface area contributed by atoms with Crippen molar-refractivity contribution in [3.8, 4) is 17.2 Å². The van der Waals surface area contributed by atoms with E-state index in [1.165, 1.54) is 26.7 Å². The van der Waals surface area contributed by atoms with Crippen LogP contribution in [0.5, 0.6) is 17.2 Å². The molecule has 0 bridgehead atoms. The summed E-state index contributed by atoms with van der Waals surface area (Å²) >= 11 is 0. The molecule has 0 aliphatic carbocycles. The van der Waals surface area contributed by atoms with Crippen molar-refractivity contribution in [2.75, 3.05) is 27.4 Å². The van der Waals surface area contributed by atoms with Crippen LogP contribution in [-0.4, -0.2) is 55.6 Å². The van der Waals surface area contributed by atoms with Gasteiger partial charge in [0.25, 0.3) is 0 Å². The standard InChI is InChI=1S/C14H20O3.C13H18O3.C9H10O3/c1-4-5-6-10-17-13-9-7-8-12(11(13)2)14(15)16-3;1-3-4-5-9-16-12-8-6-7-11(10(12)2)13(14)15;1-6-7(9(11)12-2)4-3-5-8(6)10/h7-9H,4-6,10H2,1-3H3;6-8H,3-5,9H2,1-2H3,(H,14,15);3-5,10H,1-2H3. The molecular weight excluding hydrogens is 576 g/mol. The Hall–Kier alpha value is -4.53. The number of carbonyl (C=O) groups excluding carboxylic acids is 2. The Balaban J connectivity index is 0.000000343. The summed E-state index contributed by atoms with van der Waals surface area (Å²) in [5.74, 6) is -0.0978. The zero-order valence-corrected chi connectivity index (χ0v) is 27.6. The van der Waals surface area contributed by atoms with Gasteiger partial charge in [-0.1, -0.05) is 57.7 Å². The van der Waals surface area contributed by atoms with Gasteiger partial charge < -0.3 is 29.2 Å². The van der Waals surface area contributed by atoms with Crippen molar-refractivity contribution in [2.24, 2.45) is 0 Å². The molecular formula is C36H48O9. The summed E-state index contributed by atoms with van der Waals surface area (Å²) in [6.45, 7) is 11.0. The molecule has 2 N–H and O–H groups in total. The minimum Gasteiger partial charge on any atom is -0.508 e. The summed E-state index contributed by atoms with van der Waals surface area (Å²) in [5.41, 5.74) is 3.37. The van der Waals surface area contributed by atoms with E-state index in [1.54, 1.807) is 44.2 Å². The zero-order valence-electron chi connectivity index (χ0n) is 27.6. The van der Waals surface area contributed by atoms with Gasteiger partial charge in [-0.15, -0.1) is 0 Å². The molecule has 0 aliphatic rings. The Kier molecular flexibility index (Phi) is 18.2. The van der Waals surface area contributed by atoms with Crippen LogP contribution in [0.25, 0.3) is 0 Å². The molecule has 9 heteroatoms. The van der Waals surface area contributed by atoms with Crippen molar-refractivity contribution < 1.29 is 43.5 Å². The minimum atomic E-state index is -0.906. The molecule has 45 heavy (non-hydrogen) atoms. The Morgan fingerprint density at radius 3 is 1.42 bits per heavy atom. The molecule has 0 amide bonds. The van der Waals surface area contributed by atoms with Crippen LogP contribution in [0, 0.1) is 20.8 Å². The zero-order chi connectivity index (χ0) is 33.8. The smallest absolute Gasteiger partial charge is 0.338 e.